The molecule has 7 nitrogen and oxygen atoms in total. The van der Waals surface area contributed by atoms with Gasteiger partial charge in [0, 0.05) is 25.2 Å². The van der Waals surface area contributed by atoms with Crippen LogP contribution in [-0.2, 0) is 19.6 Å². The number of halogens is 1. The number of carbonyl (C=O) groups is 2. The topological polar surface area (TPSA) is 84.0 Å². The first-order chi connectivity index (χ1) is 13.0. The molecule has 28 heavy (non-hydrogen) atoms. The fourth-order valence-electron chi connectivity index (χ4n) is 2.99. The largest absolute Gasteiger partial charge is 0.452 e. The number of benzene rings is 1. The fourth-order valence-corrected chi connectivity index (χ4v) is 4.54. The molecule has 0 aromatic heterocycles. The summed E-state index contributed by atoms with van der Waals surface area (Å²) in [5.41, 5.74) is -0.138. The van der Waals surface area contributed by atoms with Crippen molar-refractivity contribution >= 4 is 21.9 Å². The van der Waals surface area contributed by atoms with Gasteiger partial charge < -0.3 is 9.64 Å². The van der Waals surface area contributed by atoms with Gasteiger partial charge in [0.2, 0.25) is 10.0 Å². The van der Waals surface area contributed by atoms with Gasteiger partial charge in [-0.1, -0.05) is 13.8 Å². The van der Waals surface area contributed by atoms with Crippen LogP contribution in [0.2, 0.25) is 0 Å². The summed E-state index contributed by atoms with van der Waals surface area (Å²) >= 11 is 0. The number of ether oxygens (including phenoxy) is 1. The van der Waals surface area contributed by atoms with E-state index < -0.39 is 33.3 Å². The van der Waals surface area contributed by atoms with Crippen LogP contribution in [0.4, 0.5) is 4.39 Å². The van der Waals surface area contributed by atoms with Crippen LogP contribution in [0, 0.1) is 5.82 Å². The number of rotatable bonds is 9. The Kier molecular flexibility index (Phi) is 8.56. The lowest BCUT2D eigenvalue weighted by atomic mass is 10.2. The Bertz CT molecular complexity index is 797. The normalized spacial score (nSPS) is 11.9. The molecule has 158 valence electrons. The van der Waals surface area contributed by atoms with Crippen LogP contribution in [0.25, 0.3) is 0 Å². The Morgan fingerprint density at radius 3 is 2.07 bits per heavy atom. The highest BCUT2D eigenvalue weighted by atomic mass is 32.2. The third-order valence-electron chi connectivity index (χ3n) is 4.22. The third kappa shape index (κ3) is 5.51. The van der Waals surface area contributed by atoms with Gasteiger partial charge in [0.1, 0.15) is 10.7 Å². The summed E-state index contributed by atoms with van der Waals surface area (Å²) in [7, 11) is -4.08. The van der Waals surface area contributed by atoms with Crippen LogP contribution in [0.15, 0.2) is 23.1 Å². The monoisotopic (exact) mass is 416 g/mol. The van der Waals surface area contributed by atoms with Crippen molar-refractivity contribution in [3.8, 4) is 0 Å². The van der Waals surface area contributed by atoms with E-state index in [2.05, 4.69) is 0 Å². The first-order valence-corrected chi connectivity index (χ1v) is 10.7. The van der Waals surface area contributed by atoms with Gasteiger partial charge >= 0.3 is 5.97 Å². The van der Waals surface area contributed by atoms with Gasteiger partial charge in [0.15, 0.2) is 6.61 Å². The molecule has 0 atom stereocenters. The van der Waals surface area contributed by atoms with Crippen LogP contribution in [0.3, 0.4) is 0 Å². The van der Waals surface area contributed by atoms with Crippen molar-refractivity contribution < 1.29 is 27.1 Å². The number of sulfonamides is 1. The van der Waals surface area contributed by atoms with Crippen molar-refractivity contribution in [3.63, 3.8) is 0 Å². The number of nitrogens with zero attached hydrogens (tertiary/aromatic N) is 2. The molecule has 1 amide bonds. The van der Waals surface area contributed by atoms with Crippen molar-refractivity contribution in [1.29, 1.82) is 0 Å². The van der Waals surface area contributed by atoms with Gasteiger partial charge in [-0.15, -0.1) is 0 Å². The molecular weight excluding hydrogens is 387 g/mol. The third-order valence-corrected chi connectivity index (χ3v) is 6.28. The van der Waals surface area contributed by atoms with Crippen molar-refractivity contribution in [2.45, 2.75) is 58.5 Å². The number of hydrogen-bond donors (Lipinski definition) is 0. The maximum absolute atomic E-state index is 14.1. The highest BCUT2D eigenvalue weighted by Gasteiger charge is 2.27. The Labute approximate surface area is 166 Å². The molecule has 0 saturated heterocycles. The quantitative estimate of drug-likeness (QED) is 0.578. The first-order valence-electron chi connectivity index (χ1n) is 9.25. The number of amides is 1. The molecule has 1 aromatic carbocycles. The summed E-state index contributed by atoms with van der Waals surface area (Å²) in [6, 6.07) is 2.85. The lowest BCUT2D eigenvalue weighted by Gasteiger charge is -2.30. The van der Waals surface area contributed by atoms with E-state index in [0.717, 1.165) is 22.5 Å². The number of carbonyl (C=O) groups excluding carboxylic acids is 2. The molecule has 0 radical (unpaired) electrons. The summed E-state index contributed by atoms with van der Waals surface area (Å²) in [5.74, 6) is -2.21. The van der Waals surface area contributed by atoms with E-state index in [4.69, 9.17) is 4.74 Å². The molecule has 0 heterocycles. The number of esters is 1. The molecule has 0 saturated carbocycles. The molecule has 0 N–H and O–H groups in total. The van der Waals surface area contributed by atoms with Gasteiger partial charge in [-0.2, -0.15) is 4.31 Å². The van der Waals surface area contributed by atoms with Crippen LogP contribution >= 0.6 is 0 Å². The lowest BCUT2D eigenvalue weighted by molar-refractivity contribution is -0.138. The zero-order valence-electron chi connectivity index (χ0n) is 17.2. The van der Waals surface area contributed by atoms with Crippen molar-refractivity contribution in [3.05, 3.63) is 29.6 Å². The summed E-state index contributed by atoms with van der Waals surface area (Å²) in [4.78, 5) is 25.6. The van der Waals surface area contributed by atoms with Crippen molar-refractivity contribution in [1.82, 2.24) is 9.21 Å². The zero-order chi connectivity index (χ0) is 21.6. The molecule has 0 bridgehead atoms. The number of hydrogen-bond acceptors (Lipinski definition) is 5. The summed E-state index contributed by atoms with van der Waals surface area (Å²) < 4.78 is 45.4. The van der Waals surface area contributed by atoms with Gasteiger partial charge in [-0.05, 0) is 45.9 Å². The molecule has 0 fully saturated rings. The Hall–Kier alpha value is -2.00. The van der Waals surface area contributed by atoms with E-state index in [0.29, 0.717) is 0 Å². The second-order valence-corrected chi connectivity index (χ2v) is 8.71. The van der Waals surface area contributed by atoms with Gasteiger partial charge in [-0.3, -0.25) is 4.79 Å². The highest BCUT2D eigenvalue weighted by Crippen LogP contribution is 2.21. The van der Waals surface area contributed by atoms with Crippen molar-refractivity contribution in [2.24, 2.45) is 0 Å². The molecule has 0 aliphatic rings. The molecule has 0 aliphatic heterocycles. The second-order valence-electron chi connectivity index (χ2n) is 6.80. The zero-order valence-corrected chi connectivity index (χ0v) is 18.0. The molecule has 1 rings (SSSR count). The maximum Gasteiger partial charge on any atom is 0.338 e. The van der Waals surface area contributed by atoms with E-state index in [1.807, 2.05) is 27.7 Å². The van der Waals surface area contributed by atoms with E-state index in [1.165, 1.54) is 0 Å². The van der Waals surface area contributed by atoms with Crippen LogP contribution in [0.1, 0.15) is 51.9 Å². The second kappa shape index (κ2) is 9.97. The molecule has 9 heteroatoms. The van der Waals surface area contributed by atoms with E-state index in [9.17, 15) is 22.4 Å². The summed E-state index contributed by atoms with van der Waals surface area (Å²) in [5, 5.41) is 0. The Balaban J connectivity index is 3.04. The first kappa shape index (κ1) is 24.0. The van der Waals surface area contributed by atoms with E-state index >= 15 is 0 Å². The molecule has 0 aliphatic carbocycles. The highest BCUT2D eigenvalue weighted by molar-refractivity contribution is 7.89. The van der Waals surface area contributed by atoms with Crippen molar-refractivity contribution in [2.75, 3.05) is 19.7 Å². The standard InChI is InChI=1S/C19H29FN2O5S/c1-7-21(8-2)28(25,26)17-11-15(9-10-16(17)20)19(24)27-12-18(23)22(13(3)4)14(5)6/h9-11,13-14H,7-8,12H2,1-6H3. The molecule has 0 spiro atoms. The van der Waals surface area contributed by atoms with Crippen LogP contribution in [0.5, 0.6) is 0 Å². The summed E-state index contributed by atoms with van der Waals surface area (Å²) in [6.07, 6.45) is 0. The Morgan fingerprint density at radius 2 is 1.61 bits per heavy atom. The average Bonchev–Trinajstić information content (AvgIpc) is 2.60. The minimum absolute atomic E-state index is 0.0668. The molecule has 0 unspecified atom stereocenters. The van der Waals surface area contributed by atoms with Crippen LogP contribution in [-0.4, -0.2) is 61.3 Å². The summed E-state index contributed by atoms with van der Waals surface area (Å²) in [6.45, 7) is 10.5. The molecule has 1 aromatic rings. The fraction of sp³-hybridized carbons (Fsp3) is 0.579. The predicted octanol–water partition coefficient (Wildman–Crippen LogP) is 2.66. The maximum atomic E-state index is 14.1. The van der Waals surface area contributed by atoms with Gasteiger partial charge in [0.25, 0.3) is 5.91 Å². The minimum Gasteiger partial charge on any atom is -0.452 e. The van der Waals surface area contributed by atoms with Gasteiger partial charge in [0.05, 0.1) is 5.56 Å². The minimum atomic E-state index is -4.08. The average molecular weight is 417 g/mol. The smallest absolute Gasteiger partial charge is 0.338 e. The Morgan fingerprint density at radius 1 is 1.07 bits per heavy atom. The van der Waals surface area contributed by atoms with E-state index in [1.54, 1.807) is 18.7 Å². The molecular formula is C19H29FN2O5S. The predicted molar refractivity (Wildman–Crippen MR) is 104 cm³/mol. The SMILES string of the molecule is CCN(CC)S(=O)(=O)c1cc(C(=O)OCC(=O)N(C(C)C)C(C)C)ccc1F. The van der Waals surface area contributed by atoms with E-state index in [-0.39, 0.29) is 36.6 Å². The van der Waals surface area contributed by atoms with Gasteiger partial charge in [-0.25, -0.2) is 17.6 Å². The van der Waals surface area contributed by atoms with Crippen LogP contribution < -0.4 is 0 Å². The lowest BCUT2D eigenvalue weighted by Crippen LogP contribution is -2.44.